The fourth-order valence-corrected chi connectivity index (χ4v) is 5.20. The Kier molecular flexibility index (Phi) is 4.57. The van der Waals surface area contributed by atoms with E-state index < -0.39 is 15.6 Å². The Labute approximate surface area is 123 Å². The van der Waals surface area contributed by atoms with E-state index in [1.165, 1.54) is 6.42 Å². The lowest BCUT2D eigenvalue weighted by Gasteiger charge is -2.33. The van der Waals surface area contributed by atoms with Crippen LogP contribution in [0.25, 0.3) is 0 Å². The van der Waals surface area contributed by atoms with Crippen LogP contribution >= 0.6 is 22.9 Å². The van der Waals surface area contributed by atoms with Gasteiger partial charge in [-0.05, 0) is 31.4 Å². The monoisotopic (exact) mass is 322 g/mol. The summed E-state index contributed by atoms with van der Waals surface area (Å²) in [6.07, 6.45) is 5.08. The predicted molar refractivity (Wildman–Crippen MR) is 79.3 cm³/mol. The molecule has 2 rings (SSSR count). The standard InChI is InChI=1S/C12H19ClN2O2S2/c1-9-7-10(18-11(9)13)19(16,17)15-8-12(14)5-3-2-4-6-12/h7,15H,2-6,8,14H2,1H3. The van der Waals surface area contributed by atoms with Gasteiger partial charge in [-0.25, -0.2) is 13.1 Å². The molecule has 108 valence electrons. The summed E-state index contributed by atoms with van der Waals surface area (Å²) in [6.45, 7) is 2.09. The van der Waals surface area contributed by atoms with Crippen molar-refractivity contribution in [3.05, 3.63) is 16.0 Å². The molecule has 1 saturated carbocycles. The number of halogens is 1. The van der Waals surface area contributed by atoms with Gasteiger partial charge in [0.1, 0.15) is 4.21 Å². The Bertz CT molecular complexity index is 529. The highest BCUT2D eigenvalue weighted by atomic mass is 35.5. The SMILES string of the molecule is Cc1cc(S(=O)(=O)NCC2(N)CCCCC2)sc1Cl. The number of hydrogen-bond acceptors (Lipinski definition) is 4. The second-order valence-corrected chi connectivity index (χ2v) is 8.92. The summed E-state index contributed by atoms with van der Waals surface area (Å²) in [4.78, 5) is 0. The zero-order valence-electron chi connectivity index (χ0n) is 10.9. The topological polar surface area (TPSA) is 72.2 Å². The van der Waals surface area contributed by atoms with E-state index in [4.69, 9.17) is 17.3 Å². The van der Waals surface area contributed by atoms with E-state index in [9.17, 15) is 8.42 Å². The molecule has 1 aliphatic carbocycles. The van der Waals surface area contributed by atoms with Gasteiger partial charge in [0.25, 0.3) is 0 Å². The first-order valence-corrected chi connectivity index (χ1v) is 9.05. The third-order valence-corrected chi connectivity index (χ3v) is 6.99. The molecular formula is C12H19ClN2O2S2. The molecule has 0 aromatic carbocycles. The maximum atomic E-state index is 12.2. The summed E-state index contributed by atoms with van der Waals surface area (Å²) in [5.74, 6) is 0. The van der Waals surface area contributed by atoms with Gasteiger partial charge >= 0.3 is 0 Å². The van der Waals surface area contributed by atoms with E-state index in [0.717, 1.165) is 42.6 Å². The Morgan fingerprint density at radius 1 is 1.42 bits per heavy atom. The molecule has 0 unspecified atom stereocenters. The summed E-state index contributed by atoms with van der Waals surface area (Å²) in [7, 11) is -3.50. The molecule has 0 bridgehead atoms. The van der Waals surface area contributed by atoms with Crippen molar-refractivity contribution in [3.8, 4) is 0 Å². The van der Waals surface area contributed by atoms with Crippen molar-refractivity contribution in [2.24, 2.45) is 5.73 Å². The lowest BCUT2D eigenvalue weighted by molar-refractivity contribution is 0.296. The van der Waals surface area contributed by atoms with Crippen LogP contribution in [0.1, 0.15) is 37.7 Å². The fraction of sp³-hybridized carbons (Fsp3) is 0.667. The van der Waals surface area contributed by atoms with Crippen molar-refractivity contribution in [2.45, 2.75) is 48.8 Å². The summed E-state index contributed by atoms with van der Waals surface area (Å²) in [5.41, 5.74) is 6.61. The minimum absolute atomic E-state index is 0.259. The number of aryl methyl sites for hydroxylation is 1. The molecule has 0 aliphatic heterocycles. The summed E-state index contributed by atoms with van der Waals surface area (Å²) in [6, 6.07) is 1.60. The fourth-order valence-electron chi connectivity index (χ4n) is 2.31. The average molecular weight is 323 g/mol. The van der Waals surface area contributed by atoms with Crippen LogP contribution in [0, 0.1) is 6.92 Å². The van der Waals surface area contributed by atoms with Crippen LogP contribution < -0.4 is 10.5 Å². The Morgan fingerprint density at radius 2 is 2.05 bits per heavy atom. The number of nitrogens with two attached hydrogens (primary N) is 1. The van der Waals surface area contributed by atoms with Crippen LogP contribution in [0.3, 0.4) is 0 Å². The molecule has 7 heteroatoms. The number of nitrogens with one attached hydrogen (secondary N) is 1. The van der Waals surface area contributed by atoms with E-state index in [0.29, 0.717) is 10.9 Å². The van der Waals surface area contributed by atoms with Gasteiger partial charge < -0.3 is 5.73 Å². The smallest absolute Gasteiger partial charge is 0.250 e. The minimum Gasteiger partial charge on any atom is -0.324 e. The van der Waals surface area contributed by atoms with Crippen molar-refractivity contribution >= 4 is 33.0 Å². The highest BCUT2D eigenvalue weighted by molar-refractivity contribution is 7.91. The Balaban J connectivity index is 2.05. The largest absolute Gasteiger partial charge is 0.324 e. The normalized spacial score (nSPS) is 19.5. The van der Waals surface area contributed by atoms with Gasteiger partial charge in [0, 0.05) is 12.1 Å². The molecule has 1 aliphatic rings. The molecule has 1 aromatic rings. The molecule has 19 heavy (non-hydrogen) atoms. The van der Waals surface area contributed by atoms with Crippen LogP contribution in [-0.2, 0) is 10.0 Å². The molecule has 0 spiro atoms. The maximum absolute atomic E-state index is 12.2. The van der Waals surface area contributed by atoms with E-state index in [2.05, 4.69) is 4.72 Å². The first-order chi connectivity index (χ1) is 8.82. The second kappa shape index (κ2) is 5.69. The quantitative estimate of drug-likeness (QED) is 0.895. The third-order valence-electron chi connectivity index (χ3n) is 3.56. The van der Waals surface area contributed by atoms with Crippen LogP contribution in [0.15, 0.2) is 10.3 Å². The molecule has 1 fully saturated rings. The number of hydrogen-bond donors (Lipinski definition) is 2. The minimum atomic E-state index is -3.50. The van der Waals surface area contributed by atoms with Gasteiger partial charge in [0.15, 0.2) is 0 Å². The van der Waals surface area contributed by atoms with Gasteiger partial charge in [-0.1, -0.05) is 30.9 Å². The van der Waals surface area contributed by atoms with Crippen molar-refractivity contribution in [3.63, 3.8) is 0 Å². The van der Waals surface area contributed by atoms with Crippen LogP contribution in [0.4, 0.5) is 0 Å². The molecule has 0 atom stereocenters. The van der Waals surface area contributed by atoms with E-state index in [-0.39, 0.29) is 4.21 Å². The second-order valence-electron chi connectivity index (χ2n) is 5.27. The van der Waals surface area contributed by atoms with Crippen LogP contribution in [0.2, 0.25) is 4.34 Å². The Hall–Kier alpha value is -0.140. The molecule has 1 heterocycles. The average Bonchev–Trinajstić information content (AvgIpc) is 2.69. The van der Waals surface area contributed by atoms with Crippen molar-refractivity contribution in [1.82, 2.24) is 4.72 Å². The summed E-state index contributed by atoms with van der Waals surface area (Å²) >= 11 is 6.99. The number of rotatable bonds is 4. The number of sulfonamides is 1. The predicted octanol–water partition coefficient (Wildman–Crippen LogP) is 2.65. The van der Waals surface area contributed by atoms with E-state index in [1.54, 1.807) is 13.0 Å². The molecule has 4 nitrogen and oxygen atoms in total. The molecule has 3 N–H and O–H groups in total. The highest BCUT2D eigenvalue weighted by Crippen LogP contribution is 2.30. The summed E-state index contributed by atoms with van der Waals surface area (Å²) < 4.78 is 27.7. The zero-order valence-corrected chi connectivity index (χ0v) is 13.3. The number of thiophene rings is 1. The maximum Gasteiger partial charge on any atom is 0.250 e. The van der Waals surface area contributed by atoms with Gasteiger partial charge in [0.2, 0.25) is 10.0 Å². The third kappa shape index (κ3) is 3.70. The van der Waals surface area contributed by atoms with Gasteiger partial charge in [-0.2, -0.15) is 0 Å². The first-order valence-electron chi connectivity index (χ1n) is 6.37. The van der Waals surface area contributed by atoms with Crippen molar-refractivity contribution in [2.75, 3.05) is 6.54 Å². The first kappa shape index (κ1) is 15.3. The van der Waals surface area contributed by atoms with E-state index >= 15 is 0 Å². The van der Waals surface area contributed by atoms with Crippen LogP contribution in [-0.4, -0.2) is 20.5 Å². The summed E-state index contributed by atoms with van der Waals surface area (Å²) in [5, 5.41) is 0. The Morgan fingerprint density at radius 3 is 2.58 bits per heavy atom. The molecule has 1 aromatic heterocycles. The zero-order chi connectivity index (χ0) is 14.1. The van der Waals surface area contributed by atoms with Crippen molar-refractivity contribution < 1.29 is 8.42 Å². The lowest BCUT2D eigenvalue weighted by atomic mass is 9.83. The highest BCUT2D eigenvalue weighted by Gasteiger charge is 2.29. The molecular weight excluding hydrogens is 304 g/mol. The van der Waals surface area contributed by atoms with Crippen LogP contribution in [0.5, 0.6) is 0 Å². The van der Waals surface area contributed by atoms with Crippen molar-refractivity contribution in [1.29, 1.82) is 0 Å². The lowest BCUT2D eigenvalue weighted by Crippen LogP contribution is -2.51. The van der Waals surface area contributed by atoms with Gasteiger partial charge in [-0.3, -0.25) is 0 Å². The van der Waals surface area contributed by atoms with E-state index in [1.807, 2.05) is 0 Å². The van der Waals surface area contributed by atoms with Gasteiger partial charge in [0.05, 0.1) is 4.34 Å². The molecule has 0 radical (unpaired) electrons. The molecule has 0 saturated heterocycles. The van der Waals surface area contributed by atoms with Gasteiger partial charge in [-0.15, -0.1) is 11.3 Å². The molecule has 0 amide bonds.